The van der Waals surface area contributed by atoms with Gasteiger partial charge >= 0.3 is 22.8 Å². The van der Waals surface area contributed by atoms with Crippen LogP contribution in [0.15, 0.2) is 99.0 Å². The SMILES string of the molecule is CC.CC.CC.CC.Cn1nc2ccccn2c1=O.Cn1nc2cccnn2c1=O.Cn1nc2ccncn2c1=O.Cn1nc2ncccn2c1=O. The molecule has 19 nitrogen and oxygen atoms in total. The number of hydrogen-bond acceptors (Lipinski definition) is 11. The van der Waals surface area contributed by atoms with E-state index in [1.807, 2.05) is 61.5 Å². The van der Waals surface area contributed by atoms with Gasteiger partial charge in [-0.1, -0.05) is 61.5 Å². The summed E-state index contributed by atoms with van der Waals surface area (Å²) >= 11 is 0. The summed E-state index contributed by atoms with van der Waals surface area (Å²) in [6, 6.07) is 12.3. The summed E-state index contributed by atoms with van der Waals surface area (Å²) in [6.45, 7) is 16.0. The zero-order valence-electron chi connectivity index (χ0n) is 31.8. The van der Waals surface area contributed by atoms with E-state index < -0.39 is 0 Å². The van der Waals surface area contributed by atoms with E-state index in [9.17, 15) is 19.2 Å². The van der Waals surface area contributed by atoms with Crippen LogP contribution in [0.3, 0.4) is 0 Å². The summed E-state index contributed by atoms with van der Waals surface area (Å²) in [6.07, 6.45) is 9.53. The average Bonchev–Trinajstić information content (AvgIpc) is 3.88. The van der Waals surface area contributed by atoms with Crippen LogP contribution in [0.5, 0.6) is 0 Å². The fourth-order valence-corrected chi connectivity index (χ4v) is 3.81. The number of nitrogens with zero attached hydrogens (tertiary/aromatic N) is 15. The molecule has 0 atom stereocenters. The Morgan fingerprint density at radius 1 is 0.462 bits per heavy atom. The van der Waals surface area contributed by atoms with E-state index in [0.717, 1.165) is 0 Å². The Bertz CT molecular complexity index is 2110. The molecule has 8 heterocycles. The number of aryl methyl sites for hydroxylation is 4. The van der Waals surface area contributed by atoms with Crippen LogP contribution in [-0.4, -0.2) is 71.9 Å². The van der Waals surface area contributed by atoms with E-state index in [4.69, 9.17) is 0 Å². The van der Waals surface area contributed by atoms with Crippen LogP contribution < -0.4 is 22.8 Å². The Kier molecular flexibility index (Phi) is 18.6. The van der Waals surface area contributed by atoms with Gasteiger partial charge in [0.25, 0.3) is 5.78 Å². The fourth-order valence-electron chi connectivity index (χ4n) is 3.81. The Hall–Kier alpha value is -6.53. The van der Waals surface area contributed by atoms with E-state index in [1.165, 1.54) is 42.8 Å². The minimum Gasteiger partial charge on any atom is -0.250 e. The molecule has 19 heteroatoms. The summed E-state index contributed by atoms with van der Waals surface area (Å²) in [5.74, 6) is 0.431. The van der Waals surface area contributed by atoms with Crippen LogP contribution in [-0.2, 0) is 28.2 Å². The van der Waals surface area contributed by atoms with Gasteiger partial charge in [-0.2, -0.15) is 19.8 Å². The molecule has 0 aromatic carbocycles. The van der Waals surface area contributed by atoms with Crippen LogP contribution in [0.4, 0.5) is 0 Å². The quantitative estimate of drug-likeness (QED) is 0.223. The smallest absolute Gasteiger partial charge is 0.250 e. The van der Waals surface area contributed by atoms with Crippen molar-refractivity contribution < 1.29 is 0 Å². The highest BCUT2D eigenvalue weighted by Gasteiger charge is 2.03. The van der Waals surface area contributed by atoms with Gasteiger partial charge in [-0.25, -0.2) is 56.7 Å². The molecule has 0 aliphatic rings. The van der Waals surface area contributed by atoms with Gasteiger partial charge in [0.2, 0.25) is 0 Å². The predicted octanol–water partition coefficient (Wildman–Crippen LogP) is 2.42. The molecule has 52 heavy (non-hydrogen) atoms. The Labute approximate surface area is 299 Å². The number of hydrogen-bond donors (Lipinski definition) is 0. The molecule has 0 unspecified atom stereocenters. The molecule has 0 aliphatic carbocycles. The third-order valence-electron chi connectivity index (χ3n) is 5.94. The van der Waals surface area contributed by atoms with Crippen LogP contribution in [0.1, 0.15) is 55.4 Å². The van der Waals surface area contributed by atoms with Gasteiger partial charge in [-0.15, -0.1) is 10.2 Å². The Morgan fingerprint density at radius 3 is 1.54 bits per heavy atom. The van der Waals surface area contributed by atoms with Crippen molar-refractivity contribution in [1.82, 2.24) is 71.9 Å². The summed E-state index contributed by atoms with van der Waals surface area (Å²) in [5.41, 5.74) is 1.19. The van der Waals surface area contributed by atoms with Crippen molar-refractivity contribution in [3.8, 4) is 0 Å². The molecule has 8 aromatic heterocycles. The largest absolute Gasteiger partial charge is 0.366 e. The van der Waals surface area contributed by atoms with Gasteiger partial charge in [0.15, 0.2) is 16.9 Å². The third kappa shape index (κ3) is 10.7. The molecule has 0 saturated carbocycles. The van der Waals surface area contributed by atoms with Crippen LogP contribution in [0.25, 0.3) is 22.7 Å². The van der Waals surface area contributed by atoms with E-state index in [-0.39, 0.29) is 22.8 Å². The molecule has 0 bridgehead atoms. The lowest BCUT2D eigenvalue weighted by molar-refractivity contribution is 0.717. The van der Waals surface area contributed by atoms with Gasteiger partial charge in [0, 0.05) is 65.2 Å². The lowest BCUT2D eigenvalue weighted by atomic mass is 10.5. The predicted molar refractivity (Wildman–Crippen MR) is 201 cm³/mol. The van der Waals surface area contributed by atoms with E-state index in [1.54, 1.807) is 95.6 Å². The summed E-state index contributed by atoms with van der Waals surface area (Å²) in [5, 5.41) is 19.5. The second-order valence-corrected chi connectivity index (χ2v) is 8.95. The van der Waals surface area contributed by atoms with Crippen LogP contribution in [0.2, 0.25) is 0 Å². The van der Waals surface area contributed by atoms with Gasteiger partial charge in [-0.3, -0.25) is 4.40 Å². The summed E-state index contributed by atoms with van der Waals surface area (Å²) in [4.78, 5) is 52.3. The number of pyridine rings is 1. The molecule has 0 aliphatic heterocycles. The van der Waals surface area contributed by atoms with Crippen molar-refractivity contribution in [2.24, 2.45) is 28.2 Å². The summed E-state index contributed by atoms with van der Waals surface area (Å²) < 4.78 is 10.6. The first-order valence-electron chi connectivity index (χ1n) is 16.7. The van der Waals surface area contributed by atoms with Crippen LogP contribution in [0, 0.1) is 0 Å². The molecule has 0 saturated heterocycles. The summed E-state index contributed by atoms with van der Waals surface area (Å²) in [7, 11) is 6.43. The maximum Gasteiger partial charge on any atom is 0.366 e. The van der Waals surface area contributed by atoms with Crippen molar-refractivity contribution in [2.45, 2.75) is 55.4 Å². The first kappa shape index (κ1) is 43.5. The molecule has 0 N–H and O–H groups in total. The van der Waals surface area contributed by atoms with Crippen molar-refractivity contribution in [1.29, 1.82) is 0 Å². The number of aromatic nitrogens is 15. The lowest BCUT2D eigenvalue weighted by Crippen LogP contribution is -2.19. The molecule has 8 rings (SSSR count). The maximum absolute atomic E-state index is 11.2. The molecular formula is C33H49N15O4. The Morgan fingerprint density at radius 2 is 0.962 bits per heavy atom. The second-order valence-electron chi connectivity index (χ2n) is 8.95. The first-order valence-corrected chi connectivity index (χ1v) is 16.7. The normalized spacial score (nSPS) is 9.46. The standard InChI is InChI=1S/C7H7N3O.3C6H6N4O.4C2H6/c1-9-7(11)10-5-3-2-4-6(10)8-9;1-9-6(11)10-4-7-3-2-5(10)8-9;1-9-6(11)10-4-2-3-7-5(10)8-9;1-9-6(11)10-5(8-9)3-2-4-7-10;4*1-2/h2-5H,1H3;3*2-4H,1H3;4*1-2H3. The highest BCUT2D eigenvalue weighted by molar-refractivity contribution is 5.35. The Balaban J connectivity index is 0.000000325. The maximum atomic E-state index is 11.2. The molecule has 0 radical (unpaired) electrons. The monoisotopic (exact) mass is 719 g/mol. The van der Waals surface area contributed by atoms with Crippen molar-refractivity contribution in [2.75, 3.05) is 0 Å². The second kappa shape index (κ2) is 22.2. The zero-order valence-corrected chi connectivity index (χ0v) is 31.8. The minimum atomic E-state index is -0.222. The van der Waals surface area contributed by atoms with E-state index in [0.29, 0.717) is 22.7 Å². The molecule has 0 spiro atoms. The van der Waals surface area contributed by atoms with Crippen molar-refractivity contribution >= 4 is 22.7 Å². The zero-order chi connectivity index (χ0) is 39.4. The number of fused-ring (bicyclic) bond motifs is 4. The van der Waals surface area contributed by atoms with Crippen molar-refractivity contribution in [3.63, 3.8) is 0 Å². The molecule has 0 fully saturated rings. The molecule has 0 amide bonds. The topological polar surface area (TPSA) is 196 Å². The van der Waals surface area contributed by atoms with E-state index in [2.05, 4.69) is 35.5 Å². The minimum absolute atomic E-state index is 0.111. The van der Waals surface area contributed by atoms with Crippen molar-refractivity contribution in [3.05, 3.63) is 122 Å². The van der Waals surface area contributed by atoms with Gasteiger partial charge in [0.05, 0.1) is 0 Å². The third-order valence-corrected chi connectivity index (χ3v) is 5.94. The fraction of sp³-hybridized carbons (Fsp3) is 0.364. The molecule has 8 aromatic rings. The van der Waals surface area contributed by atoms with Gasteiger partial charge in [0.1, 0.15) is 6.33 Å². The van der Waals surface area contributed by atoms with E-state index >= 15 is 0 Å². The lowest BCUT2D eigenvalue weighted by Gasteiger charge is -1.84. The molecule has 280 valence electrons. The van der Waals surface area contributed by atoms with Gasteiger partial charge < -0.3 is 0 Å². The van der Waals surface area contributed by atoms with Crippen LogP contribution >= 0.6 is 0 Å². The highest BCUT2D eigenvalue weighted by Crippen LogP contribution is 1.93. The average molecular weight is 720 g/mol. The number of rotatable bonds is 0. The first-order chi connectivity index (χ1) is 25.2. The molecular weight excluding hydrogens is 670 g/mol. The highest BCUT2D eigenvalue weighted by atomic mass is 16.2. The van der Waals surface area contributed by atoms with Gasteiger partial charge in [-0.05, 0) is 30.3 Å².